The fraction of sp³-hybridized carbons (Fsp3) is 0.571. The number of anilines is 1. The normalized spacial score (nSPS) is 11.2. The molecule has 1 heterocycles. The van der Waals surface area contributed by atoms with Crippen molar-refractivity contribution in [2.75, 3.05) is 5.32 Å². The molecule has 0 aliphatic rings. The predicted octanol–water partition coefficient (Wildman–Crippen LogP) is 3.00. The lowest BCUT2D eigenvalue weighted by atomic mass is 10.2. The smallest absolute Gasteiger partial charge is 0.413 e. The van der Waals surface area contributed by atoms with E-state index in [1.807, 2.05) is 4.57 Å². The van der Waals surface area contributed by atoms with Crippen LogP contribution >= 0.6 is 0 Å². The Labute approximate surface area is 113 Å². The number of pyridine rings is 1. The second kappa shape index (κ2) is 6.41. The van der Waals surface area contributed by atoms with E-state index in [2.05, 4.69) is 12.2 Å². The van der Waals surface area contributed by atoms with Gasteiger partial charge in [-0.25, -0.2) is 4.79 Å². The van der Waals surface area contributed by atoms with Gasteiger partial charge in [-0.05, 0) is 27.2 Å². The molecule has 5 nitrogen and oxygen atoms in total. The number of aromatic nitrogens is 1. The molecule has 0 aromatic carbocycles. The zero-order chi connectivity index (χ0) is 14.5. The summed E-state index contributed by atoms with van der Waals surface area (Å²) in [5.74, 6) is 0.468. The molecule has 19 heavy (non-hydrogen) atoms. The van der Waals surface area contributed by atoms with E-state index < -0.39 is 11.7 Å². The Bertz CT molecular complexity index is 486. The molecule has 1 amide bonds. The van der Waals surface area contributed by atoms with Crippen molar-refractivity contribution in [1.82, 2.24) is 4.57 Å². The van der Waals surface area contributed by atoms with Crippen molar-refractivity contribution in [1.29, 1.82) is 0 Å². The van der Waals surface area contributed by atoms with Gasteiger partial charge < -0.3 is 9.30 Å². The summed E-state index contributed by atoms with van der Waals surface area (Å²) < 4.78 is 7.02. The highest BCUT2D eigenvalue weighted by Gasteiger charge is 2.17. The molecule has 106 valence electrons. The summed E-state index contributed by atoms with van der Waals surface area (Å²) in [4.78, 5) is 23.1. The highest BCUT2D eigenvalue weighted by atomic mass is 16.6. The molecule has 0 bridgehead atoms. The molecule has 0 saturated heterocycles. The van der Waals surface area contributed by atoms with Crippen LogP contribution in [0.5, 0.6) is 0 Å². The van der Waals surface area contributed by atoms with Crippen LogP contribution in [0.2, 0.25) is 0 Å². The quantitative estimate of drug-likeness (QED) is 0.911. The Morgan fingerprint density at radius 2 is 2.11 bits per heavy atom. The van der Waals surface area contributed by atoms with Crippen LogP contribution < -0.4 is 10.7 Å². The molecule has 0 radical (unpaired) electrons. The minimum atomic E-state index is -0.562. The number of nitrogens with one attached hydrogen (secondary N) is 1. The van der Waals surface area contributed by atoms with E-state index in [9.17, 15) is 9.59 Å². The van der Waals surface area contributed by atoms with Crippen LogP contribution in [0.15, 0.2) is 23.1 Å². The zero-order valence-corrected chi connectivity index (χ0v) is 12.0. The highest BCUT2D eigenvalue weighted by molar-refractivity contribution is 5.83. The van der Waals surface area contributed by atoms with Crippen LogP contribution in [0.3, 0.4) is 0 Å². The summed E-state index contributed by atoms with van der Waals surface area (Å²) in [6, 6.07) is 2.88. The van der Waals surface area contributed by atoms with E-state index in [1.165, 1.54) is 12.1 Å². The second-order valence-corrected chi connectivity index (χ2v) is 5.42. The second-order valence-electron chi connectivity index (χ2n) is 5.42. The van der Waals surface area contributed by atoms with Crippen LogP contribution in [0.4, 0.5) is 10.6 Å². The number of nitrogens with zero attached hydrogens (tertiary/aromatic N) is 1. The lowest BCUT2D eigenvalue weighted by Gasteiger charge is -2.21. The lowest BCUT2D eigenvalue weighted by Crippen LogP contribution is -2.28. The fourth-order valence-electron chi connectivity index (χ4n) is 1.55. The third kappa shape index (κ3) is 5.59. The Morgan fingerprint density at radius 3 is 2.68 bits per heavy atom. The highest BCUT2D eigenvalue weighted by Crippen LogP contribution is 2.11. The van der Waals surface area contributed by atoms with E-state index >= 15 is 0 Å². The number of amides is 1. The molecule has 5 heteroatoms. The molecular formula is C14H22N2O3. The molecule has 0 saturated carbocycles. The van der Waals surface area contributed by atoms with Gasteiger partial charge in [0.1, 0.15) is 11.4 Å². The SMILES string of the molecule is CCCCn1ccc(=O)cc1NC(=O)OC(C)(C)C. The topological polar surface area (TPSA) is 60.3 Å². The first-order valence-corrected chi connectivity index (χ1v) is 6.52. The average molecular weight is 266 g/mol. The van der Waals surface area contributed by atoms with E-state index in [4.69, 9.17) is 4.74 Å². The molecule has 1 aromatic rings. The third-order valence-corrected chi connectivity index (χ3v) is 2.39. The predicted molar refractivity (Wildman–Crippen MR) is 75.5 cm³/mol. The molecule has 0 aliphatic carbocycles. The molecule has 0 fully saturated rings. The average Bonchev–Trinajstić information content (AvgIpc) is 2.25. The van der Waals surface area contributed by atoms with Gasteiger partial charge >= 0.3 is 6.09 Å². The van der Waals surface area contributed by atoms with Crippen molar-refractivity contribution >= 4 is 11.9 Å². The van der Waals surface area contributed by atoms with Crippen molar-refractivity contribution < 1.29 is 9.53 Å². The molecule has 1 aromatic heterocycles. The number of rotatable bonds is 4. The Balaban J connectivity index is 2.83. The Hall–Kier alpha value is -1.78. The van der Waals surface area contributed by atoms with Gasteiger partial charge in [0.2, 0.25) is 0 Å². The van der Waals surface area contributed by atoms with Gasteiger partial charge in [0.25, 0.3) is 0 Å². The van der Waals surface area contributed by atoms with Crippen molar-refractivity contribution in [3.05, 3.63) is 28.6 Å². The van der Waals surface area contributed by atoms with E-state index in [0.29, 0.717) is 5.82 Å². The lowest BCUT2D eigenvalue weighted by molar-refractivity contribution is 0.0634. The maximum atomic E-state index is 11.7. The molecule has 0 atom stereocenters. The number of unbranched alkanes of at least 4 members (excludes halogenated alkanes) is 1. The molecule has 1 N–H and O–H groups in total. The van der Waals surface area contributed by atoms with E-state index in [0.717, 1.165) is 19.4 Å². The summed E-state index contributed by atoms with van der Waals surface area (Å²) in [7, 11) is 0. The van der Waals surface area contributed by atoms with E-state index in [-0.39, 0.29) is 5.43 Å². The summed E-state index contributed by atoms with van der Waals surface area (Å²) >= 11 is 0. The molecule has 0 unspecified atom stereocenters. The molecule has 0 spiro atoms. The van der Waals surface area contributed by atoms with Gasteiger partial charge in [-0.1, -0.05) is 13.3 Å². The van der Waals surface area contributed by atoms with Gasteiger partial charge in [-0.2, -0.15) is 0 Å². The number of ether oxygens (including phenoxy) is 1. The van der Waals surface area contributed by atoms with Crippen LogP contribution in [0.1, 0.15) is 40.5 Å². The van der Waals surface area contributed by atoms with Gasteiger partial charge in [-0.3, -0.25) is 10.1 Å². The standard InChI is InChI=1S/C14H22N2O3/c1-5-6-8-16-9-7-11(17)10-12(16)15-13(18)19-14(2,3)4/h7,9-10H,5-6,8H2,1-4H3,(H,15,18). The van der Waals surface area contributed by atoms with E-state index in [1.54, 1.807) is 27.0 Å². The minimum Gasteiger partial charge on any atom is -0.444 e. The first-order valence-electron chi connectivity index (χ1n) is 6.52. The van der Waals surface area contributed by atoms with Crippen LogP contribution in [0.25, 0.3) is 0 Å². The first kappa shape index (κ1) is 15.3. The van der Waals surface area contributed by atoms with Gasteiger partial charge in [0, 0.05) is 24.9 Å². The largest absolute Gasteiger partial charge is 0.444 e. The summed E-state index contributed by atoms with van der Waals surface area (Å²) in [5.41, 5.74) is -0.702. The zero-order valence-electron chi connectivity index (χ0n) is 12.0. The van der Waals surface area contributed by atoms with Crippen molar-refractivity contribution in [3.63, 3.8) is 0 Å². The van der Waals surface area contributed by atoms with Gasteiger partial charge in [-0.15, -0.1) is 0 Å². The summed E-state index contributed by atoms with van der Waals surface area (Å²) in [6.45, 7) is 8.22. The fourth-order valence-corrected chi connectivity index (χ4v) is 1.55. The third-order valence-electron chi connectivity index (χ3n) is 2.39. The van der Waals surface area contributed by atoms with Crippen LogP contribution in [-0.4, -0.2) is 16.3 Å². The van der Waals surface area contributed by atoms with Crippen molar-refractivity contribution in [3.8, 4) is 0 Å². The van der Waals surface area contributed by atoms with Crippen LogP contribution in [0, 0.1) is 0 Å². The van der Waals surface area contributed by atoms with Gasteiger partial charge in [0.05, 0.1) is 0 Å². The van der Waals surface area contributed by atoms with Crippen molar-refractivity contribution in [2.45, 2.75) is 52.7 Å². The molecular weight excluding hydrogens is 244 g/mol. The maximum Gasteiger partial charge on any atom is 0.413 e. The number of carbonyl (C=O) groups excluding carboxylic acids is 1. The number of hydrogen-bond donors (Lipinski definition) is 1. The monoisotopic (exact) mass is 266 g/mol. The summed E-state index contributed by atoms with van der Waals surface area (Å²) in [5, 5.41) is 2.62. The number of hydrogen-bond acceptors (Lipinski definition) is 3. The number of carbonyl (C=O) groups is 1. The maximum absolute atomic E-state index is 11.7. The first-order chi connectivity index (χ1) is 8.81. The van der Waals surface area contributed by atoms with Gasteiger partial charge in [0.15, 0.2) is 5.43 Å². The van der Waals surface area contributed by atoms with Crippen LogP contribution in [-0.2, 0) is 11.3 Å². The number of aryl methyl sites for hydroxylation is 1. The van der Waals surface area contributed by atoms with Crippen molar-refractivity contribution in [2.24, 2.45) is 0 Å². The molecule has 0 aliphatic heterocycles. The Morgan fingerprint density at radius 1 is 1.42 bits per heavy atom. The summed E-state index contributed by atoms with van der Waals surface area (Å²) in [6.07, 6.45) is 3.15. The Kier molecular flexibility index (Phi) is 5.15. The molecule has 1 rings (SSSR count). The minimum absolute atomic E-state index is 0.140.